The van der Waals surface area contributed by atoms with E-state index in [0.717, 1.165) is 89.1 Å². The fraction of sp³-hybridized carbons (Fsp3) is 0.571. The van der Waals surface area contributed by atoms with Gasteiger partial charge in [-0.2, -0.15) is 0 Å². The molecule has 0 radical (unpaired) electrons. The Balaban J connectivity index is 3.11. The first kappa shape index (κ1) is 21.5. The Bertz CT molecular complexity index is 479. The van der Waals surface area contributed by atoms with Gasteiger partial charge >= 0.3 is 0 Å². The summed E-state index contributed by atoms with van der Waals surface area (Å²) < 4.78 is 0. The number of hydrogen-bond acceptors (Lipinski definition) is 3. The summed E-state index contributed by atoms with van der Waals surface area (Å²) in [5.41, 5.74) is 3.43. The van der Waals surface area contributed by atoms with Crippen molar-refractivity contribution in [1.82, 2.24) is 0 Å². The van der Waals surface area contributed by atoms with Crippen molar-refractivity contribution < 1.29 is 0 Å². The standard InChI is InChI=1S/C21H30S3/c1-4-7-10-19(22)16-13-17(20(23)11-8-5-2)15-18(14-16)21(24)12-9-6-3/h13-15H,4-12H2,1-3H3. The number of hydrogen-bond donors (Lipinski definition) is 0. The largest absolute Gasteiger partial charge is 0.0843 e. The maximum Gasteiger partial charge on any atom is 0.0224 e. The first-order valence-electron chi connectivity index (χ1n) is 9.28. The second kappa shape index (κ2) is 11.9. The average molecular weight is 379 g/mol. The second-order valence-corrected chi connectivity index (χ2v) is 7.86. The van der Waals surface area contributed by atoms with Crippen LogP contribution in [0.15, 0.2) is 18.2 Å². The van der Waals surface area contributed by atoms with E-state index in [0.29, 0.717) is 0 Å². The van der Waals surface area contributed by atoms with E-state index in [1.165, 1.54) is 0 Å². The molecule has 0 N–H and O–H groups in total. The normalized spacial score (nSPS) is 10.6. The van der Waals surface area contributed by atoms with Gasteiger partial charge in [0.25, 0.3) is 0 Å². The molecule has 0 bridgehead atoms. The van der Waals surface area contributed by atoms with Gasteiger partial charge in [0, 0.05) is 14.6 Å². The molecule has 0 fully saturated rings. The summed E-state index contributed by atoms with van der Waals surface area (Å²) in [6.45, 7) is 6.60. The molecule has 0 amide bonds. The Morgan fingerprint density at radius 1 is 0.583 bits per heavy atom. The predicted octanol–water partition coefficient (Wildman–Crippen LogP) is 7.41. The first-order valence-corrected chi connectivity index (χ1v) is 10.5. The van der Waals surface area contributed by atoms with Gasteiger partial charge in [0.05, 0.1) is 0 Å². The Kier molecular flexibility index (Phi) is 10.7. The average Bonchev–Trinajstić information content (AvgIpc) is 2.61. The quantitative estimate of drug-likeness (QED) is 0.274. The molecule has 3 heteroatoms. The zero-order valence-corrected chi connectivity index (χ0v) is 17.8. The molecule has 0 aliphatic carbocycles. The van der Waals surface area contributed by atoms with Crippen molar-refractivity contribution >= 4 is 51.2 Å². The van der Waals surface area contributed by atoms with E-state index in [2.05, 4.69) is 39.0 Å². The summed E-state index contributed by atoms with van der Waals surface area (Å²) in [7, 11) is 0. The third-order valence-corrected chi connectivity index (χ3v) is 5.49. The fourth-order valence-electron chi connectivity index (χ4n) is 2.56. The van der Waals surface area contributed by atoms with Crippen LogP contribution in [0, 0.1) is 0 Å². The highest BCUT2D eigenvalue weighted by Crippen LogP contribution is 2.20. The fourth-order valence-corrected chi connectivity index (χ4v) is 3.34. The lowest BCUT2D eigenvalue weighted by molar-refractivity contribution is 0.838. The van der Waals surface area contributed by atoms with E-state index in [4.69, 9.17) is 36.7 Å². The molecule has 0 spiro atoms. The van der Waals surface area contributed by atoms with Gasteiger partial charge < -0.3 is 0 Å². The molecule has 0 unspecified atom stereocenters. The molecule has 1 aromatic rings. The highest BCUT2D eigenvalue weighted by atomic mass is 32.1. The van der Waals surface area contributed by atoms with E-state index in [-0.39, 0.29) is 0 Å². The smallest absolute Gasteiger partial charge is 0.0224 e. The number of benzene rings is 1. The van der Waals surface area contributed by atoms with Crippen molar-refractivity contribution in [3.63, 3.8) is 0 Å². The molecule has 0 aliphatic rings. The molecule has 0 heterocycles. The van der Waals surface area contributed by atoms with Gasteiger partial charge in [0.15, 0.2) is 0 Å². The Morgan fingerprint density at radius 3 is 1.04 bits per heavy atom. The minimum atomic E-state index is 0.970. The highest BCUT2D eigenvalue weighted by Gasteiger charge is 2.11. The van der Waals surface area contributed by atoms with E-state index in [1.807, 2.05) is 0 Å². The molecule has 1 aromatic carbocycles. The lowest BCUT2D eigenvalue weighted by atomic mass is 9.95. The number of thiocarbonyl (C=S) groups is 3. The maximum absolute atomic E-state index is 5.67. The van der Waals surface area contributed by atoms with Crippen molar-refractivity contribution in [2.75, 3.05) is 0 Å². The summed E-state index contributed by atoms with van der Waals surface area (Å²) in [5, 5.41) is 0. The van der Waals surface area contributed by atoms with Crippen LogP contribution in [0.5, 0.6) is 0 Å². The zero-order chi connectivity index (χ0) is 17.9. The van der Waals surface area contributed by atoms with Gasteiger partial charge in [0.1, 0.15) is 0 Å². The molecule has 0 aliphatic heterocycles. The van der Waals surface area contributed by atoms with Gasteiger partial charge in [-0.15, -0.1) is 0 Å². The van der Waals surface area contributed by atoms with E-state index in [1.54, 1.807) is 0 Å². The minimum absolute atomic E-state index is 0.970. The van der Waals surface area contributed by atoms with Crippen molar-refractivity contribution in [3.05, 3.63) is 34.9 Å². The van der Waals surface area contributed by atoms with Crippen LogP contribution in [0.1, 0.15) is 95.2 Å². The van der Waals surface area contributed by atoms with Crippen molar-refractivity contribution in [3.8, 4) is 0 Å². The van der Waals surface area contributed by atoms with Gasteiger partial charge in [-0.05, 0) is 73.4 Å². The Hall–Kier alpha value is -0.510. The Morgan fingerprint density at radius 2 is 0.833 bits per heavy atom. The number of rotatable bonds is 12. The molecule has 0 atom stereocenters. The SMILES string of the molecule is CCCCC(=S)c1cc(C(=S)CCCC)cc(C(=S)CCCC)c1. The third-order valence-electron chi connectivity index (χ3n) is 4.17. The van der Waals surface area contributed by atoms with E-state index >= 15 is 0 Å². The number of unbranched alkanes of at least 4 members (excludes halogenated alkanes) is 3. The molecule has 0 aromatic heterocycles. The van der Waals surface area contributed by atoms with Crippen LogP contribution in [0.25, 0.3) is 0 Å². The highest BCUT2D eigenvalue weighted by molar-refractivity contribution is 7.81. The topological polar surface area (TPSA) is 0 Å². The van der Waals surface area contributed by atoms with Crippen LogP contribution < -0.4 is 0 Å². The van der Waals surface area contributed by atoms with E-state index < -0.39 is 0 Å². The first-order chi connectivity index (χ1) is 11.5. The molecule has 0 nitrogen and oxygen atoms in total. The molecule has 0 saturated heterocycles. The van der Waals surface area contributed by atoms with Crippen LogP contribution >= 0.6 is 36.7 Å². The van der Waals surface area contributed by atoms with Crippen LogP contribution in [0.3, 0.4) is 0 Å². The summed E-state index contributed by atoms with van der Waals surface area (Å²) in [6.07, 6.45) is 9.81. The van der Waals surface area contributed by atoms with Gasteiger partial charge in [-0.25, -0.2) is 0 Å². The molecule has 0 saturated carbocycles. The summed E-state index contributed by atoms with van der Waals surface area (Å²) >= 11 is 17.0. The molecule has 132 valence electrons. The van der Waals surface area contributed by atoms with Crippen molar-refractivity contribution in [2.45, 2.75) is 78.6 Å². The molecular formula is C21H30S3. The van der Waals surface area contributed by atoms with Crippen LogP contribution in [-0.4, -0.2) is 14.6 Å². The van der Waals surface area contributed by atoms with Crippen LogP contribution in [-0.2, 0) is 0 Å². The third kappa shape index (κ3) is 7.16. The monoisotopic (exact) mass is 378 g/mol. The summed E-state index contributed by atoms with van der Waals surface area (Å²) in [5.74, 6) is 0. The van der Waals surface area contributed by atoms with E-state index in [9.17, 15) is 0 Å². The van der Waals surface area contributed by atoms with Gasteiger partial charge in [-0.3, -0.25) is 0 Å². The molecule has 24 heavy (non-hydrogen) atoms. The van der Waals surface area contributed by atoms with Crippen LogP contribution in [0.4, 0.5) is 0 Å². The lowest BCUT2D eigenvalue weighted by Crippen LogP contribution is -2.07. The second-order valence-electron chi connectivity index (χ2n) is 6.38. The molecular weight excluding hydrogens is 348 g/mol. The van der Waals surface area contributed by atoms with Gasteiger partial charge in [0.2, 0.25) is 0 Å². The van der Waals surface area contributed by atoms with Gasteiger partial charge in [-0.1, -0.05) is 76.7 Å². The lowest BCUT2D eigenvalue weighted by Gasteiger charge is -2.12. The predicted molar refractivity (Wildman–Crippen MR) is 120 cm³/mol. The molecule has 1 rings (SSSR count). The summed E-state index contributed by atoms with van der Waals surface area (Å²) in [6, 6.07) is 6.55. The summed E-state index contributed by atoms with van der Waals surface area (Å²) in [4.78, 5) is 3.12. The van der Waals surface area contributed by atoms with Crippen molar-refractivity contribution in [2.24, 2.45) is 0 Å². The van der Waals surface area contributed by atoms with Crippen molar-refractivity contribution in [1.29, 1.82) is 0 Å². The zero-order valence-electron chi connectivity index (χ0n) is 15.3. The maximum atomic E-state index is 5.67. The van der Waals surface area contributed by atoms with Crippen LogP contribution in [0.2, 0.25) is 0 Å². The minimum Gasteiger partial charge on any atom is -0.0843 e. The Labute approximate surface area is 164 Å².